The molecule has 0 bridgehead atoms. The summed E-state index contributed by atoms with van der Waals surface area (Å²) in [5.41, 5.74) is 4.02. The van der Waals surface area contributed by atoms with Crippen molar-refractivity contribution in [3.63, 3.8) is 0 Å². The van der Waals surface area contributed by atoms with Crippen LogP contribution < -0.4 is 4.90 Å². The Balaban J connectivity index is 1.83. The van der Waals surface area contributed by atoms with E-state index in [1.54, 1.807) is 10.9 Å². The van der Waals surface area contributed by atoms with E-state index in [0.29, 0.717) is 6.54 Å². The lowest BCUT2D eigenvalue weighted by atomic mass is 10.00. The predicted molar refractivity (Wildman–Crippen MR) is 76.3 cm³/mol. The minimum absolute atomic E-state index is 0.222. The Morgan fingerprint density at radius 3 is 3.05 bits per heavy atom. The Morgan fingerprint density at radius 2 is 2.30 bits per heavy atom. The first-order valence-electron chi connectivity index (χ1n) is 6.72. The van der Waals surface area contributed by atoms with Crippen LogP contribution in [-0.4, -0.2) is 34.4 Å². The summed E-state index contributed by atoms with van der Waals surface area (Å²) >= 11 is 0. The summed E-state index contributed by atoms with van der Waals surface area (Å²) in [4.78, 5) is 13.1. The van der Waals surface area contributed by atoms with Crippen molar-refractivity contribution in [2.24, 2.45) is 0 Å². The molecule has 1 aromatic carbocycles. The van der Waals surface area contributed by atoms with E-state index < -0.39 is 5.97 Å². The minimum Gasteiger partial charge on any atom is -0.478 e. The first-order chi connectivity index (χ1) is 9.63. The Morgan fingerprint density at radius 1 is 1.45 bits per heavy atom. The van der Waals surface area contributed by atoms with Gasteiger partial charge < -0.3 is 10.0 Å². The zero-order valence-corrected chi connectivity index (χ0v) is 11.4. The Labute approximate surface area is 117 Å². The molecular weight excluding hydrogens is 254 g/mol. The standard InChI is InChI=1S/C15H17N3O2/c1-17-6-2-3-12-5-4-11(7-14(12)17)9-18-10-13(8-16-18)15(19)20/h4-5,7-8,10H,2-3,6,9H2,1H3,(H,19,20). The van der Waals surface area contributed by atoms with Crippen molar-refractivity contribution < 1.29 is 9.90 Å². The Hall–Kier alpha value is -2.30. The number of carboxylic acids is 1. The van der Waals surface area contributed by atoms with Crippen molar-refractivity contribution in [2.75, 3.05) is 18.5 Å². The highest BCUT2D eigenvalue weighted by molar-refractivity contribution is 5.86. The summed E-state index contributed by atoms with van der Waals surface area (Å²) in [7, 11) is 2.11. The van der Waals surface area contributed by atoms with Crippen LogP contribution in [0.5, 0.6) is 0 Å². The number of carboxylic acid groups (broad SMARTS) is 1. The topological polar surface area (TPSA) is 58.4 Å². The molecule has 1 aliphatic heterocycles. The highest BCUT2D eigenvalue weighted by Gasteiger charge is 2.14. The molecule has 1 aromatic heterocycles. The largest absolute Gasteiger partial charge is 0.478 e. The highest BCUT2D eigenvalue weighted by Crippen LogP contribution is 2.27. The normalized spacial score (nSPS) is 14.2. The fourth-order valence-electron chi connectivity index (χ4n) is 2.65. The molecule has 0 fully saturated rings. The Kier molecular flexibility index (Phi) is 3.18. The number of carbonyl (C=O) groups is 1. The van der Waals surface area contributed by atoms with Gasteiger partial charge in [0.25, 0.3) is 0 Å². The SMILES string of the molecule is CN1CCCc2ccc(Cn3cc(C(=O)O)cn3)cc21. The number of benzene rings is 1. The third-order valence-corrected chi connectivity index (χ3v) is 3.73. The molecule has 0 unspecified atom stereocenters. The average molecular weight is 271 g/mol. The van der Waals surface area contributed by atoms with E-state index in [0.717, 1.165) is 18.5 Å². The lowest BCUT2D eigenvalue weighted by molar-refractivity contribution is 0.0697. The molecule has 5 nitrogen and oxygen atoms in total. The van der Waals surface area contributed by atoms with Crippen LogP contribution in [0.4, 0.5) is 5.69 Å². The third-order valence-electron chi connectivity index (χ3n) is 3.73. The lowest BCUT2D eigenvalue weighted by Gasteiger charge is -2.28. The van der Waals surface area contributed by atoms with Crippen molar-refractivity contribution in [1.29, 1.82) is 0 Å². The van der Waals surface area contributed by atoms with Gasteiger partial charge in [-0.2, -0.15) is 5.10 Å². The van der Waals surface area contributed by atoms with Gasteiger partial charge in [-0.3, -0.25) is 4.68 Å². The fourth-order valence-corrected chi connectivity index (χ4v) is 2.65. The second-order valence-electron chi connectivity index (χ2n) is 5.22. The van der Waals surface area contributed by atoms with E-state index in [9.17, 15) is 4.79 Å². The molecule has 0 atom stereocenters. The molecule has 2 aromatic rings. The van der Waals surface area contributed by atoms with E-state index in [1.807, 2.05) is 0 Å². The molecule has 2 heterocycles. The van der Waals surface area contributed by atoms with Gasteiger partial charge in [-0.1, -0.05) is 12.1 Å². The molecule has 1 N–H and O–H groups in total. The van der Waals surface area contributed by atoms with Crippen LogP contribution in [0.15, 0.2) is 30.6 Å². The molecule has 0 spiro atoms. The number of aromatic carboxylic acids is 1. The molecular formula is C15H17N3O2. The van der Waals surface area contributed by atoms with Crippen LogP contribution in [0.1, 0.15) is 27.9 Å². The summed E-state index contributed by atoms with van der Waals surface area (Å²) in [6.45, 7) is 1.68. The van der Waals surface area contributed by atoms with Crippen LogP contribution >= 0.6 is 0 Å². The first-order valence-corrected chi connectivity index (χ1v) is 6.72. The quantitative estimate of drug-likeness (QED) is 0.927. The van der Waals surface area contributed by atoms with E-state index in [-0.39, 0.29) is 5.56 Å². The maximum Gasteiger partial charge on any atom is 0.338 e. The van der Waals surface area contributed by atoms with Crippen LogP contribution in [0.25, 0.3) is 0 Å². The predicted octanol–water partition coefficient (Wildman–Crippen LogP) is 2.01. The molecule has 20 heavy (non-hydrogen) atoms. The maximum atomic E-state index is 10.8. The molecule has 0 saturated carbocycles. The first kappa shape index (κ1) is 12.7. The molecule has 0 amide bonds. The second kappa shape index (κ2) is 5.00. The summed E-state index contributed by atoms with van der Waals surface area (Å²) in [6.07, 6.45) is 5.27. The molecule has 104 valence electrons. The zero-order valence-electron chi connectivity index (χ0n) is 11.4. The monoisotopic (exact) mass is 271 g/mol. The van der Waals surface area contributed by atoms with Crippen LogP contribution in [0.2, 0.25) is 0 Å². The number of hydrogen-bond donors (Lipinski definition) is 1. The number of fused-ring (bicyclic) bond motifs is 1. The van der Waals surface area contributed by atoms with Gasteiger partial charge in [0.1, 0.15) is 0 Å². The highest BCUT2D eigenvalue weighted by atomic mass is 16.4. The van der Waals surface area contributed by atoms with Gasteiger partial charge >= 0.3 is 5.97 Å². The molecule has 1 aliphatic rings. The molecule has 5 heteroatoms. The second-order valence-corrected chi connectivity index (χ2v) is 5.22. The van der Waals surface area contributed by atoms with Crippen LogP contribution in [-0.2, 0) is 13.0 Å². The van der Waals surface area contributed by atoms with E-state index >= 15 is 0 Å². The lowest BCUT2D eigenvalue weighted by Crippen LogP contribution is -2.24. The summed E-state index contributed by atoms with van der Waals surface area (Å²) in [5, 5.41) is 13.0. The maximum absolute atomic E-state index is 10.8. The number of anilines is 1. The third kappa shape index (κ3) is 2.39. The van der Waals surface area contributed by atoms with Gasteiger partial charge in [0.05, 0.1) is 18.3 Å². The molecule has 3 rings (SSSR count). The van der Waals surface area contributed by atoms with E-state index in [2.05, 4.69) is 35.2 Å². The van der Waals surface area contributed by atoms with Crippen molar-refractivity contribution in [3.05, 3.63) is 47.3 Å². The summed E-state index contributed by atoms with van der Waals surface area (Å²) in [5.74, 6) is -0.943. The van der Waals surface area contributed by atoms with Gasteiger partial charge in [0.2, 0.25) is 0 Å². The number of aryl methyl sites for hydroxylation is 1. The van der Waals surface area contributed by atoms with Gasteiger partial charge in [-0.25, -0.2) is 4.79 Å². The van der Waals surface area contributed by atoms with Gasteiger partial charge in [-0.05, 0) is 30.0 Å². The van der Waals surface area contributed by atoms with Crippen LogP contribution in [0, 0.1) is 0 Å². The molecule has 0 radical (unpaired) electrons. The van der Waals surface area contributed by atoms with Crippen molar-refractivity contribution >= 4 is 11.7 Å². The van der Waals surface area contributed by atoms with E-state index in [1.165, 1.54) is 23.9 Å². The molecule has 0 aliphatic carbocycles. The minimum atomic E-state index is -0.943. The van der Waals surface area contributed by atoms with Gasteiger partial charge in [-0.15, -0.1) is 0 Å². The van der Waals surface area contributed by atoms with Crippen molar-refractivity contribution in [1.82, 2.24) is 9.78 Å². The average Bonchev–Trinajstić information content (AvgIpc) is 2.88. The van der Waals surface area contributed by atoms with Gasteiger partial charge in [0, 0.05) is 25.5 Å². The van der Waals surface area contributed by atoms with Gasteiger partial charge in [0.15, 0.2) is 0 Å². The zero-order chi connectivity index (χ0) is 14.1. The van der Waals surface area contributed by atoms with Crippen LogP contribution in [0.3, 0.4) is 0 Å². The van der Waals surface area contributed by atoms with E-state index in [4.69, 9.17) is 5.11 Å². The number of aromatic nitrogens is 2. The van der Waals surface area contributed by atoms with Crippen molar-refractivity contribution in [3.8, 4) is 0 Å². The summed E-state index contributed by atoms with van der Waals surface area (Å²) in [6, 6.07) is 6.44. The number of rotatable bonds is 3. The fraction of sp³-hybridized carbons (Fsp3) is 0.333. The molecule has 0 saturated heterocycles. The number of nitrogens with zero attached hydrogens (tertiary/aromatic N) is 3. The smallest absolute Gasteiger partial charge is 0.338 e. The summed E-state index contributed by atoms with van der Waals surface area (Å²) < 4.78 is 1.66. The van der Waals surface area contributed by atoms with Crippen molar-refractivity contribution in [2.45, 2.75) is 19.4 Å². The Bertz CT molecular complexity index is 648. The number of hydrogen-bond acceptors (Lipinski definition) is 3.